The first-order chi connectivity index (χ1) is 16.9. The first-order valence-electron chi connectivity index (χ1n) is 10.8. The second-order valence-corrected chi connectivity index (χ2v) is 7.76. The molecule has 4 aromatic rings. The first-order valence-corrected chi connectivity index (χ1v) is 10.8. The highest BCUT2D eigenvalue weighted by atomic mass is 16.6. The summed E-state index contributed by atoms with van der Waals surface area (Å²) in [6.45, 7) is 1.03. The zero-order chi connectivity index (χ0) is 24.8. The summed E-state index contributed by atoms with van der Waals surface area (Å²) >= 11 is 0. The second kappa shape index (κ2) is 10.5. The Morgan fingerprint density at radius 1 is 0.943 bits per heavy atom. The molecule has 0 unspecified atom stereocenters. The Kier molecular flexibility index (Phi) is 7.02. The van der Waals surface area contributed by atoms with Crippen molar-refractivity contribution in [3.63, 3.8) is 0 Å². The summed E-state index contributed by atoms with van der Waals surface area (Å²) in [5.74, 6) is -0.239. The maximum atomic E-state index is 12.7. The molecule has 0 spiro atoms. The Morgan fingerprint density at radius 3 is 2.43 bits per heavy atom. The molecular weight excluding hydrogens is 448 g/mol. The molecule has 0 saturated carbocycles. The third kappa shape index (κ3) is 5.62. The molecule has 0 aliphatic rings. The van der Waals surface area contributed by atoms with Gasteiger partial charge in [-0.3, -0.25) is 14.9 Å². The number of nitro benzene ring substituents is 1. The minimum absolute atomic E-state index is 0.118. The summed E-state index contributed by atoms with van der Waals surface area (Å²) in [5.41, 5.74) is 0.864. The van der Waals surface area contributed by atoms with Gasteiger partial charge in [0, 0.05) is 24.6 Å². The lowest BCUT2D eigenvalue weighted by atomic mass is 9.92. The number of carbonyl (C=O) groups is 2. The molecule has 1 N–H and O–H groups in total. The summed E-state index contributed by atoms with van der Waals surface area (Å²) in [6, 6.07) is 24.9. The van der Waals surface area contributed by atoms with Crippen molar-refractivity contribution in [3.8, 4) is 11.5 Å². The SMILES string of the molecule is CC(=O)N[C@H](c1cccc([N+](=O)[O-])c1)c1c(OC(=O)COc2ccccc2)ccc2ccccc12. The van der Waals surface area contributed by atoms with Crippen LogP contribution in [-0.2, 0) is 9.59 Å². The predicted molar refractivity (Wildman–Crippen MR) is 130 cm³/mol. The summed E-state index contributed by atoms with van der Waals surface area (Å²) in [7, 11) is 0. The van der Waals surface area contributed by atoms with Gasteiger partial charge in [-0.25, -0.2) is 4.79 Å². The van der Waals surface area contributed by atoms with Crippen LogP contribution in [0.4, 0.5) is 5.69 Å². The minimum Gasteiger partial charge on any atom is -0.482 e. The summed E-state index contributed by atoms with van der Waals surface area (Å²) in [4.78, 5) is 35.7. The standard InChI is InChI=1S/C27H22N2O6/c1-18(30)28-27(20-9-7-10-21(16-20)29(32)33)26-23-13-6-5-8-19(23)14-15-24(26)35-25(31)17-34-22-11-3-2-4-12-22/h2-16,27H,17H2,1H3,(H,28,30)/t27-/m1/s1. The van der Waals surface area contributed by atoms with Crippen LogP contribution in [0.25, 0.3) is 10.8 Å². The number of hydrogen-bond donors (Lipinski definition) is 1. The lowest BCUT2D eigenvalue weighted by Gasteiger charge is -2.23. The molecule has 8 heteroatoms. The Balaban J connectivity index is 1.76. The van der Waals surface area contributed by atoms with Gasteiger partial charge >= 0.3 is 5.97 Å². The molecule has 176 valence electrons. The quantitative estimate of drug-likeness (QED) is 0.169. The number of nitrogens with zero attached hydrogens (tertiary/aromatic N) is 1. The minimum atomic E-state index is -0.809. The average molecular weight is 470 g/mol. The predicted octanol–water partition coefficient (Wildman–Crippen LogP) is 4.96. The Hall–Kier alpha value is -4.72. The third-order valence-corrected chi connectivity index (χ3v) is 5.31. The number of benzene rings is 4. The van der Waals surface area contributed by atoms with E-state index in [1.807, 2.05) is 30.3 Å². The van der Waals surface area contributed by atoms with E-state index >= 15 is 0 Å². The van der Waals surface area contributed by atoms with Crippen LogP contribution in [0.2, 0.25) is 0 Å². The molecule has 0 bridgehead atoms. The number of hydrogen-bond acceptors (Lipinski definition) is 6. The highest BCUT2D eigenvalue weighted by Gasteiger charge is 2.25. The van der Waals surface area contributed by atoms with Crippen LogP contribution in [0.1, 0.15) is 24.1 Å². The Labute approximate surface area is 201 Å². The number of esters is 1. The Bertz CT molecular complexity index is 1390. The summed E-state index contributed by atoms with van der Waals surface area (Å²) in [6.07, 6.45) is 0. The van der Waals surface area contributed by atoms with E-state index < -0.39 is 16.9 Å². The highest BCUT2D eigenvalue weighted by molar-refractivity contribution is 5.90. The van der Waals surface area contributed by atoms with Gasteiger partial charge < -0.3 is 14.8 Å². The molecule has 0 fully saturated rings. The van der Waals surface area contributed by atoms with Crippen LogP contribution in [0.15, 0.2) is 91.0 Å². The maximum Gasteiger partial charge on any atom is 0.349 e. The zero-order valence-corrected chi connectivity index (χ0v) is 18.8. The van der Waals surface area contributed by atoms with E-state index in [2.05, 4.69) is 5.32 Å². The smallest absolute Gasteiger partial charge is 0.349 e. The average Bonchev–Trinajstić information content (AvgIpc) is 2.87. The monoisotopic (exact) mass is 470 g/mol. The molecule has 0 aliphatic heterocycles. The highest BCUT2D eigenvalue weighted by Crippen LogP contribution is 2.37. The van der Waals surface area contributed by atoms with Crippen LogP contribution in [0.3, 0.4) is 0 Å². The second-order valence-electron chi connectivity index (χ2n) is 7.76. The van der Waals surface area contributed by atoms with Gasteiger partial charge in [-0.2, -0.15) is 0 Å². The summed E-state index contributed by atoms with van der Waals surface area (Å²) in [5, 5.41) is 15.8. The number of nitro groups is 1. The van der Waals surface area contributed by atoms with Crippen molar-refractivity contribution in [2.45, 2.75) is 13.0 Å². The lowest BCUT2D eigenvalue weighted by molar-refractivity contribution is -0.384. The normalized spacial score (nSPS) is 11.5. The van der Waals surface area contributed by atoms with Crippen LogP contribution in [0, 0.1) is 10.1 Å². The fourth-order valence-corrected chi connectivity index (χ4v) is 3.82. The maximum absolute atomic E-state index is 12.7. The van der Waals surface area contributed by atoms with Gasteiger partial charge in [0.25, 0.3) is 5.69 Å². The number of non-ortho nitro benzene ring substituents is 1. The lowest BCUT2D eigenvalue weighted by Crippen LogP contribution is -2.28. The van der Waals surface area contributed by atoms with Crippen LogP contribution in [0.5, 0.6) is 11.5 Å². The van der Waals surface area contributed by atoms with Gasteiger partial charge in [0.15, 0.2) is 6.61 Å². The molecule has 1 atom stereocenters. The topological polar surface area (TPSA) is 108 Å². The number of ether oxygens (including phenoxy) is 2. The van der Waals surface area contributed by atoms with Crippen LogP contribution < -0.4 is 14.8 Å². The van der Waals surface area contributed by atoms with E-state index in [0.717, 1.165) is 10.8 Å². The number of amides is 1. The molecule has 0 aliphatic carbocycles. The molecule has 0 aromatic heterocycles. The van der Waals surface area contributed by atoms with E-state index in [0.29, 0.717) is 16.9 Å². The fraction of sp³-hybridized carbons (Fsp3) is 0.111. The van der Waals surface area contributed by atoms with Gasteiger partial charge in [-0.1, -0.05) is 60.7 Å². The van der Waals surface area contributed by atoms with Gasteiger partial charge in [-0.05, 0) is 34.5 Å². The van der Waals surface area contributed by atoms with Crippen molar-refractivity contribution >= 4 is 28.3 Å². The van der Waals surface area contributed by atoms with E-state index in [-0.39, 0.29) is 24.0 Å². The van der Waals surface area contributed by atoms with Gasteiger partial charge in [0.1, 0.15) is 11.5 Å². The van der Waals surface area contributed by atoms with Crippen molar-refractivity contribution in [2.75, 3.05) is 6.61 Å². The van der Waals surface area contributed by atoms with Gasteiger partial charge in [-0.15, -0.1) is 0 Å². The molecule has 8 nitrogen and oxygen atoms in total. The number of carbonyl (C=O) groups excluding carboxylic acids is 2. The molecule has 0 heterocycles. The van der Waals surface area contributed by atoms with Crippen molar-refractivity contribution in [3.05, 3.63) is 112 Å². The summed E-state index contributed by atoms with van der Waals surface area (Å²) < 4.78 is 11.2. The molecule has 0 radical (unpaired) electrons. The molecule has 4 aromatic carbocycles. The van der Waals surface area contributed by atoms with Gasteiger partial charge in [0.2, 0.25) is 5.91 Å². The number of para-hydroxylation sites is 1. The molecule has 4 rings (SSSR count). The largest absolute Gasteiger partial charge is 0.482 e. The van der Waals surface area contributed by atoms with Crippen molar-refractivity contribution < 1.29 is 24.0 Å². The molecule has 1 amide bonds. The Morgan fingerprint density at radius 2 is 1.69 bits per heavy atom. The van der Waals surface area contributed by atoms with E-state index in [1.165, 1.54) is 19.1 Å². The number of nitrogens with one attached hydrogen (secondary N) is 1. The van der Waals surface area contributed by atoms with Gasteiger partial charge in [0.05, 0.1) is 11.0 Å². The molecule has 35 heavy (non-hydrogen) atoms. The number of rotatable bonds is 8. The van der Waals surface area contributed by atoms with Crippen molar-refractivity contribution in [2.24, 2.45) is 0 Å². The zero-order valence-electron chi connectivity index (χ0n) is 18.8. The fourth-order valence-electron chi connectivity index (χ4n) is 3.82. The van der Waals surface area contributed by atoms with E-state index in [1.54, 1.807) is 48.5 Å². The molecular formula is C27H22N2O6. The number of fused-ring (bicyclic) bond motifs is 1. The van der Waals surface area contributed by atoms with Crippen molar-refractivity contribution in [1.29, 1.82) is 0 Å². The van der Waals surface area contributed by atoms with E-state index in [4.69, 9.17) is 9.47 Å². The van der Waals surface area contributed by atoms with Crippen LogP contribution >= 0.6 is 0 Å². The first kappa shape index (κ1) is 23.4. The van der Waals surface area contributed by atoms with E-state index in [9.17, 15) is 19.7 Å². The molecule has 0 saturated heterocycles. The van der Waals surface area contributed by atoms with Crippen LogP contribution in [-0.4, -0.2) is 23.4 Å². The third-order valence-electron chi connectivity index (χ3n) is 5.31. The van der Waals surface area contributed by atoms with Crippen molar-refractivity contribution in [1.82, 2.24) is 5.32 Å².